The number of rotatable bonds is 14. The number of carbonyl (C=O) groups is 5. The van der Waals surface area contributed by atoms with Crippen molar-refractivity contribution in [2.24, 2.45) is 17.6 Å². The number of nitrogens with one attached hydrogen (secondary N) is 4. The maximum atomic E-state index is 13.1. The molecule has 1 aromatic rings. The summed E-state index contributed by atoms with van der Waals surface area (Å²) in [5.41, 5.74) is 6.11. The molecule has 4 unspecified atom stereocenters. The van der Waals surface area contributed by atoms with Crippen molar-refractivity contribution in [2.75, 3.05) is 0 Å². The van der Waals surface area contributed by atoms with Gasteiger partial charge in [0.1, 0.15) is 18.1 Å². The summed E-state index contributed by atoms with van der Waals surface area (Å²) >= 11 is 0. The van der Waals surface area contributed by atoms with Gasteiger partial charge in [0.15, 0.2) is 0 Å². The third-order valence-corrected chi connectivity index (χ3v) is 4.91. The number of hydrogen-bond donors (Lipinski definition) is 7. The van der Waals surface area contributed by atoms with Gasteiger partial charge in [-0.3, -0.25) is 19.2 Å². The lowest BCUT2D eigenvalue weighted by Gasteiger charge is -2.26. The maximum Gasteiger partial charge on any atom is 0.326 e. The Morgan fingerprint density at radius 1 is 0.971 bits per heavy atom. The minimum absolute atomic E-state index is 0.0250. The van der Waals surface area contributed by atoms with Crippen LogP contribution in [0.4, 0.5) is 0 Å². The molecule has 13 heteroatoms. The van der Waals surface area contributed by atoms with E-state index >= 15 is 0 Å². The molecule has 0 bridgehead atoms. The number of aliphatic carboxylic acids is 2. The highest BCUT2D eigenvalue weighted by atomic mass is 16.4. The van der Waals surface area contributed by atoms with Gasteiger partial charge in [0.05, 0.1) is 18.8 Å². The second-order valence-corrected chi connectivity index (χ2v) is 8.81. The summed E-state index contributed by atoms with van der Waals surface area (Å²) in [7, 11) is 0. The zero-order valence-corrected chi connectivity index (χ0v) is 19.7. The van der Waals surface area contributed by atoms with Crippen LogP contribution in [0.3, 0.4) is 0 Å². The Morgan fingerprint density at radius 2 is 1.56 bits per heavy atom. The van der Waals surface area contributed by atoms with E-state index in [0.29, 0.717) is 5.69 Å². The van der Waals surface area contributed by atoms with Crippen molar-refractivity contribution in [3.63, 3.8) is 0 Å². The summed E-state index contributed by atoms with van der Waals surface area (Å²) in [6.45, 7) is 6.95. The van der Waals surface area contributed by atoms with Crippen molar-refractivity contribution in [1.82, 2.24) is 25.9 Å². The van der Waals surface area contributed by atoms with E-state index in [4.69, 9.17) is 10.8 Å². The first kappa shape index (κ1) is 28.6. The fourth-order valence-corrected chi connectivity index (χ4v) is 3.13. The van der Waals surface area contributed by atoms with Crippen LogP contribution < -0.4 is 21.7 Å². The Morgan fingerprint density at radius 3 is 2.03 bits per heavy atom. The predicted molar refractivity (Wildman–Crippen MR) is 120 cm³/mol. The molecule has 3 amide bonds. The molecule has 0 spiro atoms. The molecule has 0 saturated carbocycles. The molecule has 8 N–H and O–H groups in total. The second kappa shape index (κ2) is 13.3. The zero-order valence-electron chi connectivity index (χ0n) is 19.7. The van der Waals surface area contributed by atoms with E-state index in [-0.39, 0.29) is 24.7 Å². The minimum Gasteiger partial charge on any atom is -0.481 e. The number of carboxylic acid groups (broad SMARTS) is 2. The second-order valence-electron chi connectivity index (χ2n) is 8.81. The van der Waals surface area contributed by atoms with Crippen LogP contribution in [-0.2, 0) is 30.4 Å². The maximum absolute atomic E-state index is 13.1. The predicted octanol–water partition coefficient (Wildman–Crippen LogP) is -1.00. The van der Waals surface area contributed by atoms with E-state index in [1.165, 1.54) is 12.5 Å². The fraction of sp³-hybridized carbons (Fsp3) is 0.619. The van der Waals surface area contributed by atoms with Gasteiger partial charge in [0.2, 0.25) is 17.7 Å². The van der Waals surface area contributed by atoms with Gasteiger partial charge in [0, 0.05) is 18.3 Å². The van der Waals surface area contributed by atoms with Crippen LogP contribution >= 0.6 is 0 Å². The van der Waals surface area contributed by atoms with Gasteiger partial charge in [-0.2, -0.15) is 0 Å². The van der Waals surface area contributed by atoms with Gasteiger partial charge < -0.3 is 36.9 Å². The normalized spacial score (nSPS) is 14.7. The van der Waals surface area contributed by atoms with E-state index in [2.05, 4.69) is 25.9 Å². The molecule has 0 fully saturated rings. The molecule has 0 aliphatic rings. The molecule has 1 rings (SSSR count). The molecule has 0 aliphatic heterocycles. The van der Waals surface area contributed by atoms with Crippen molar-refractivity contribution in [3.8, 4) is 0 Å². The van der Waals surface area contributed by atoms with Crippen molar-refractivity contribution in [3.05, 3.63) is 18.2 Å². The number of carboxylic acids is 2. The van der Waals surface area contributed by atoms with Crippen LogP contribution in [0.2, 0.25) is 0 Å². The monoisotopic (exact) mass is 482 g/mol. The van der Waals surface area contributed by atoms with E-state index in [1.54, 1.807) is 13.8 Å². The first-order chi connectivity index (χ1) is 15.8. The van der Waals surface area contributed by atoms with E-state index in [0.717, 1.165) is 0 Å². The van der Waals surface area contributed by atoms with Crippen LogP contribution in [0.15, 0.2) is 12.5 Å². The average molecular weight is 483 g/mol. The summed E-state index contributed by atoms with van der Waals surface area (Å²) in [6, 6.07) is -4.79. The van der Waals surface area contributed by atoms with Crippen LogP contribution in [0.5, 0.6) is 0 Å². The smallest absolute Gasteiger partial charge is 0.326 e. The first-order valence-electron chi connectivity index (χ1n) is 10.9. The van der Waals surface area contributed by atoms with Gasteiger partial charge >= 0.3 is 11.9 Å². The molecule has 190 valence electrons. The third-order valence-electron chi connectivity index (χ3n) is 4.91. The third kappa shape index (κ3) is 9.57. The van der Waals surface area contributed by atoms with Crippen molar-refractivity contribution >= 4 is 29.7 Å². The van der Waals surface area contributed by atoms with Crippen LogP contribution in [0, 0.1) is 11.8 Å². The summed E-state index contributed by atoms with van der Waals surface area (Å²) in [4.78, 5) is 67.3. The van der Waals surface area contributed by atoms with E-state index < -0.39 is 60.2 Å². The fourth-order valence-electron chi connectivity index (χ4n) is 3.13. The zero-order chi connectivity index (χ0) is 26.0. The average Bonchev–Trinajstić information content (AvgIpc) is 3.22. The standard InChI is InChI=1S/C21H34N6O7/c1-10(2)5-14(20(32)27-17(11(3)4)21(33)34)26-19(31)15(6-12-8-23-9-24-12)25-18(30)13(22)7-16(28)29/h8-11,13-15,17H,5-7,22H2,1-4H3,(H,23,24)(H,25,30)(H,26,31)(H,27,32)(H,28,29)(H,33,34). The Bertz CT molecular complexity index is 856. The molecule has 13 nitrogen and oxygen atoms in total. The van der Waals surface area contributed by atoms with Gasteiger partial charge in [-0.25, -0.2) is 9.78 Å². The number of nitrogens with two attached hydrogens (primary N) is 1. The summed E-state index contributed by atoms with van der Waals surface area (Å²) < 4.78 is 0. The SMILES string of the molecule is CC(C)CC(NC(=O)C(Cc1cnc[nH]1)NC(=O)C(N)CC(=O)O)C(=O)NC(C(=O)O)C(C)C. The van der Waals surface area contributed by atoms with Crippen LogP contribution in [0.1, 0.15) is 46.2 Å². The Labute approximate surface area is 197 Å². The number of amides is 3. The van der Waals surface area contributed by atoms with Crippen molar-refractivity contribution < 1.29 is 34.2 Å². The topological polar surface area (TPSA) is 217 Å². The number of carbonyl (C=O) groups excluding carboxylic acids is 3. The van der Waals surface area contributed by atoms with E-state index in [1.807, 2.05) is 13.8 Å². The molecule has 34 heavy (non-hydrogen) atoms. The highest BCUT2D eigenvalue weighted by molar-refractivity contribution is 5.94. The van der Waals surface area contributed by atoms with Crippen molar-refractivity contribution in [2.45, 2.75) is 71.1 Å². The lowest BCUT2D eigenvalue weighted by atomic mass is 10.00. The van der Waals surface area contributed by atoms with Crippen molar-refractivity contribution in [1.29, 1.82) is 0 Å². The molecule has 0 saturated heterocycles. The van der Waals surface area contributed by atoms with Gasteiger partial charge in [-0.15, -0.1) is 0 Å². The molecule has 1 aromatic heterocycles. The minimum atomic E-state index is -1.38. The number of imidazole rings is 1. The molecule has 4 atom stereocenters. The van der Waals surface area contributed by atoms with Crippen LogP contribution in [0.25, 0.3) is 0 Å². The lowest BCUT2D eigenvalue weighted by molar-refractivity contribution is -0.143. The summed E-state index contributed by atoms with van der Waals surface area (Å²) in [6.07, 6.45) is 2.38. The van der Waals surface area contributed by atoms with Gasteiger partial charge in [-0.1, -0.05) is 27.7 Å². The highest BCUT2D eigenvalue weighted by Crippen LogP contribution is 2.09. The number of aromatic nitrogens is 2. The lowest BCUT2D eigenvalue weighted by Crippen LogP contribution is -2.58. The first-order valence-corrected chi connectivity index (χ1v) is 10.9. The number of aromatic amines is 1. The largest absolute Gasteiger partial charge is 0.481 e. The molecular formula is C21H34N6O7. The summed E-state index contributed by atoms with van der Waals surface area (Å²) in [5, 5.41) is 25.7. The molecular weight excluding hydrogens is 448 g/mol. The number of nitrogens with zero attached hydrogens (tertiary/aromatic N) is 1. The molecule has 1 heterocycles. The van der Waals surface area contributed by atoms with E-state index in [9.17, 15) is 29.1 Å². The van der Waals surface area contributed by atoms with Crippen LogP contribution in [-0.4, -0.2) is 74.0 Å². The molecule has 0 radical (unpaired) electrons. The molecule has 0 aliphatic carbocycles. The molecule has 0 aromatic carbocycles. The Balaban J connectivity index is 3.06. The highest BCUT2D eigenvalue weighted by Gasteiger charge is 2.32. The number of H-pyrrole nitrogens is 1. The summed E-state index contributed by atoms with van der Waals surface area (Å²) in [5.74, 6) is -5.13. The van der Waals surface area contributed by atoms with Gasteiger partial charge in [0.25, 0.3) is 0 Å². The number of hydrogen-bond acceptors (Lipinski definition) is 7. The Kier molecular flexibility index (Phi) is 11.2. The van der Waals surface area contributed by atoms with Gasteiger partial charge in [-0.05, 0) is 18.3 Å². The quantitative estimate of drug-likeness (QED) is 0.173. The Hall–Kier alpha value is -3.48.